The average molecular weight is 440 g/mol. The lowest BCUT2D eigenvalue weighted by atomic mass is 10.1. The summed E-state index contributed by atoms with van der Waals surface area (Å²) in [5.74, 6) is -0.704. The number of aryl methyl sites for hydroxylation is 1. The van der Waals surface area contributed by atoms with E-state index in [1.165, 1.54) is 0 Å². The van der Waals surface area contributed by atoms with E-state index in [2.05, 4.69) is 22.5 Å². The molecule has 0 spiro atoms. The number of aromatic nitrogens is 3. The molecular formula is C23H30FN7O. The zero-order valence-electron chi connectivity index (χ0n) is 18.7. The topological polar surface area (TPSA) is 124 Å². The zero-order valence-corrected chi connectivity index (χ0v) is 18.7. The molecule has 9 heteroatoms. The number of pyridine rings is 1. The van der Waals surface area contributed by atoms with Crippen molar-refractivity contribution in [3.63, 3.8) is 0 Å². The summed E-state index contributed by atoms with van der Waals surface area (Å²) in [6.45, 7) is 6.66. The molecule has 1 aliphatic carbocycles. The molecule has 1 amide bonds. The van der Waals surface area contributed by atoms with Crippen molar-refractivity contribution in [2.24, 2.45) is 11.5 Å². The first kappa shape index (κ1) is 22.0. The number of amides is 1. The van der Waals surface area contributed by atoms with Crippen LogP contribution in [0, 0.1) is 5.82 Å². The predicted molar refractivity (Wildman–Crippen MR) is 125 cm³/mol. The maximum absolute atomic E-state index is 14.7. The Hall–Kier alpha value is -3.20. The summed E-state index contributed by atoms with van der Waals surface area (Å²) in [7, 11) is 0. The lowest BCUT2D eigenvalue weighted by Crippen LogP contribution is -2.38. The monoisotopic (exact) mass is 439 g/mol. The van der Waals surface area contributed by atoms with Crippen LogP contribution in [0.2, 0.25) is 0 Å². The Balaban J connectivity index is 1.72. The molecule has 1 aromatic carbocycles. The smallest absolute Gasteiger partial charge is 0.252 e. The van der Waals surface area contributed by atoms with E-state index in [4.69, 9.17) is 16.6 Å². The lowest BCUT2D eigenvalue weighted by Gasteiger charge is -2.22. The summed E-state index contributed by atoms with van der Waals surface area (Å²) in [5, 5.41) is 12.1. The van der Waals surface area contributed by atoms with Crippen molar-refractivity contribution in [3.05, 3.63) is 41.3 Å². The number of halogens is 1. The Morgan fingerprint density at radius 2 is 2.03 bits per heavy atom. The van der Waals surface area contributed by atoms with E-state index in [1.54, 1.807) is 0 Å². The molecule has 2 aromatic heterocycles. The summed E-state index contributed by atoms with van der Waals surface area (Å²) >= 11 is 0. The van der Waals surface area contributed by atoms with E-state index in [0.29, 0.717) is 12.3 Å². The summed E-state index contributed by atoms with van der Waals surface area (Å²) in [5.41, 5.74) is 14.4. The van der Waals surface area contributed by atoms with E-state index in [1.807, 2.05) is 36.7 Å². The van der Waals surface area contributed by atoms with E-state index in [-0.39, 0.29) is 29.3 Å². The molecule has 0 aliphatic heterocycles. The van der Waals surface area contributed by atoms with Gasteiger partial charge in [-0.3, -0.25) is 9.48 Å². The summed E-state index contributed by atoms with van der Waals surface area (Å²) in [6, 6.07) is 6.63. The number of hydrogen-bond acceptors (Lipinski definition) is 6. The molecule has 2 heterocycles. The highest BCUT2D eigenvalue weighted by molar-refractivity contribution is 5.99. The van der Waals surface area contributed by atoms with Gasteiger partial charge in [0.1, 0.15) is 5.82 Å². The van der Waals surface area contributed by atoms with Gasteiger partial charge in [-0.25, -0.2) is 9.37 Å². The van der Waals surface area contributed by atoms with Gasteiger partial charge in [-0.1, -0.05) is 6.92 Å². The van der Waals surface area contributed by atoms with Crippen LogP contribution >= 0.6 is 0 Å². The first-order chi connectivity index (χ1) is 15.3. The van der Waals surface area contributed by atoms with Gasteiger partial charge in [0.15, 0.2) is 11.6 Å². The lowest BCUT2D eigenvalue weighted by molar-refractivity contribution is 0.100. The fraction of sp³-hybridized carbons (Fsp3) is 0.435. The van der Waals surface area contributed by atoms with Crippen LogP contribution in [0.25, 0.3) is 10.9 Å². The quantitative estimate of drug-likeness (QED) is 0.401. The number of carbonyl (C=O) groups is 1. The number of nitrogens with one attached hydrogen (secondary N) is 2. The van der Waals surface area contributed by atoms with Crippen molar-refractivity contribution in [3.8, 4) is 0 Å². The number of nitrogens with zero attached hydrogens (tertiary/aromatic N) is 3. The Kier molecular flexibility index (Phi) is 6.01. The highest BCUT2D eigenvalue weighted by Crippen LogP contribution is 2.43. The molecule has 4 rings (SSSR count). The third-order valence-electron chi connectivity index (χ3n) is 5.94. The van der Waals surface area contributed by atoms with Crippen molar-refractivity contribution in [2.45, 2.75) is 64.6 Å². The fourth-order valence-electron chi connectivity index (χ4n) is 3.97. The molecule has 6 N–H and O–H groups in total. The minimum absolute atomic E-state index is 0.0198. The maximum atomic E-state index is 14.7. The maximum Gasteiger partial charge on any atom is 0.252 e. The molecule has 0 saturated heterocycles. The number of anilines is 3. The first-order valence-corrected chi connectivity index (χ1v) is 11.1. The van der Waals surface area contributed by atoms with Gasteiger partial charge in [-0.05, 0) is 57.4 Å². The van der Waals surface area contributed by atoms with Crippen molar-refractivity contribution >= 4 is 34.1 Å². The Labute approximate surface area is 186 Å². The SMILES string of the molecule is CCC(Nc1nc(Nc2ccc3c(c2)c(C2CC2)nn3CC)c(C(N)=O)cc1F)C(C)N. The Morgan fingerprint density at radius 1 is 1.28 bits per heavy atom. The van der Waals surface area contributed by atoms with Crippen LogP contribution in [0.1, 0.15) is 62.0 Å². The molecule has 0 radical (unpaired) electrons. The molecule has 32 heavy (non-hydrogen) atoms. The molecule has 170 valence electrons. The largest absolute Gasteiger partial charge is 0.365 e. The normalized spacial score (nSPS) is 15.5. The average Bonchev–Trinajstić information content (AvgIpc) is 3.54. The second-order valence-corrected chi connectivity index (χ2v) is 8.43. The van der Waals surface area contributed by atoms with Crippen LogP contribution in [-0.2, 0) is 6.54 Å². The van der Waals surface area contributed by atoms with Crippen LogP contribution in [0.5, 0.6) is 0 Å². The van der Waals surface area contributed by atoms with Crippen molar-refractivity contribution in [1.29, 1.82) is 0 Å². The molecule has 1 aliphatic rings. The van der Waals surface area contributed by atoms with E-state index >= 15 is 0 Å². The van der Waals surface area contributed by atoms with Gasteiger partial charge in [-0.2, -0.15) is 5.10 Å². The molecule has 2 atom stereocenters. The standard InChI is InChI=1S/C23H30FN7O/c1-4-18(12(3)25)28-23-17(24)11-16(21(26)32)22(29-23)27-14-8-9-19-15(10-14)20(13-6-7-13)30-31(19)5-2/h8-13,18H,4-7,25H2,1-3H3,(H2,26,32)(H2,27,28,29). The van der Waals surface area contributed by atoms with Gasteiger partial charge in [-0.15, -0.1) is 0 Å². The Morgan fingerprint density at radius 3 is 2.62 bits per heavy atom. The third kappa shape index (κ3) is 4.25. The summed E-state index contributed by atoms with van der Waals surface area (Å²) in [4.78, 5) is 16.3. The fourth-order valence-corrected chi connectivity index (χ4v) is 3.97. The van der Waals surface area contributed by atoms with Gasteiger partial charge in [0.2, 0.25) is 0 Å². The Bertz CT molecular complexity index is 1150. The van der Waals surface area contributed by atoms with Gasteiger partial charge in [0, 0.05) is 35.6 Å². The number of rotatable bonds is 9. The van der Waals surface area contributed by atoms with Crippen LogP contribution in [0.4, 0.5) is 21.7 Å². The number of fused-ring (bicyclic) bond motifs is 1. The molecule has 2 unspecified atom stereocenters. The van der Waals surface area contributed by atoms with Crippen LogP contribution in [-0.4, -0.2) is 32.8 Å². The molecule has 3 aromatic rings. The van der Waals surface area contributed by atoms with Gasteiger partial charge >= 0.3 is 0 Å². The van der Waals surface area contributed by atoms with Gasteiger partial charge in [0.25, 0.3) is 5.91 Å². The van der Waals surface area contributed by atoms with E-state index < -0.39 is 11.7 Å². The van der Waals surface area contributed by atoms with Crippen molar-refractivity contribution < 1.29 is 9.18 Å². The highest BCUT2D eigenvalue weighted by atomic mass is 19.1. The molecule has 0 bridgehead atoms. The van der Waals surface area contributed by atoms with E-state index in [0.717, 1.165) is 47.7 Å². The van der Waals surface area contributed by atoms with E-state index in [9.17, 15) is 9.18 Å². The third-order valence-corrected chi connectivity index (χ3v) is 5.94. The number of hydrogen-bond donors (Lipinski definition) is 4. The van der Waals surface area contributed by atoms with Crippen molar-refractivity contribution in [2.75, 3.05) is 10.6 Å². The molecular weight excluding hydrogens is 409 g/mol. The molecule has 8 nitrogen and oxygen atoms in total. The minimum Gasteiger partial charge on any atom is -0.365 e. The first-order valence-electron chi connectivity index (χ1n) is 11.1. The van der Waals surface area contributed by atoms with Crippen LogP contribution < -0.4 is 22.1 Å². The predicted octanol–water partition coefficient (Wildman–Crippen LogP) is 3.85. The second kappa shape index (κ2) is 8.74. The van der Waals surface area contributed by atoms with Crippen LogP contribution in [0.3, 0.4) is 0 Å². The number of nitrogens with two attached hydrogens (primary N) is 2. The number of carbonyl (C=O) groups excluding carboxylic acids is 1. The van der Waals surface area contributed by atoms with Crippen LogP contribution in [0.15, 0.2) is 24.3 Å². The van der Waals surface area contributed by atoms with Gasteiger partial charge < -0.3 is 22.1 Å². The summed E-state index contributed by atoms with van der Waals surface area (Å²) in [6.07, 6.45) is 2.99. The second-order valence-electron chi connectivity index (χ2n) is 8.43. The minimum atomic E-state index is -0.761. The summed E-state index contributed by atoms with van der Waals surface area (Å²) < 4.78 is 16.7. The molecule has 1 fully saturated rings. The van der Waals surface area contributed by atoms with Gasteiger partial charge in [0.05, 0.1) is 16.8 Å². The number of primary amides is 1. The number of benzene rings is 1. The zero-order chi connectivity index (χ0) is 23.0. The molecule has 1 saturated carbocycles. The van der Waals surface area contributed by atoms with Crippen molar-refractivity contribution in [1.82, 2.24) is 14.8 Å². The highest BCUT2D eigenvalue weighted by Gasteiger charge is 2.29.